The van der Waals surface area contributed by atoms with Gasteiger partial charge in [-0.3, -0.25) is 9.55 Å². The monoisotopic (exact) mass is 432 g/mol. The van der Waals surface area contributed by atoms with E-state index < -0.39 is 0 Å². The molecule has 5 heteroatoms. The van der Waals surface area contributed by atoms with Crippen LogP contribution in [0.25, 0.3) is 27.6 Å². The summed E-state index contributed by atoms with van der Waals surface area (Å²) in [6, 6.07) is 22.4. The first-order valence-corrected chi connectivity index (χ1v) is 10.9. The molecule has 33 heavy (non-hydrogen) atoms. The van der Waals surface area contributed by atoms with Crippen LogP contribution < -0.4 is 10.5 Å². The van der Waals surface area contributed by atoms with Crippen molar-refractivity contribution in [3.63, 3.8) is 0 Å². The van der Waals surface area contributed by atoms with Gasteiger partial charge in [-0.2, -0.15) is 0 Å². The van der Waals surface area contributed by atoms with E-state index in [4.69, 9.17) is 15.5 Å². The van der Waals surface area contributed by atoms with Crippen molar-refractivity contribution in [2.45, 2.75) is 13.3 Å². The number of imidazole rings is 1. The molecule has 0 aliphatic carbocycles. The normalized spacial score (nSPS) is 10.9. The topological polar surface area (TPSA) is 66.0 Å². The van der Waals surface area contributed by atoms with E-state index in [2.05, 4.69) is 51.7 Å². The van der Waals surface area contributed by atoms with Gasteiger partial charge in [0.25, 0.3) is 0 Å². The SMILES string of the molecule is COc1ccc(C#Cc2ccc3ncc4nc(C)n(-c5ccc(CCN)cc5)c4c3c2)cc1. The lowest BCUT2D eigenvalue weighted by Crippen LogP contribution is -2.03. The highest BCUT2D eigenvalue weighted by Crippen LogP contribution is 2.28. The molecule has 5 rings (SSSR count). The molecule has 0 aliphatic heterocycles. The summed E-state index contributed by atoms with van der Waals surface area (Å²) in [5.74, 6) is 8.25. The number of ether oxygens (including phenoxy) is 1. The molecule has 0 spiro atoms. The lowest BCUT2D eigenvalue weighted by molar-refractivity contribution is 0.415. The Hall–Kier alpha value is -4.14. The molecule has 0 aliphatic rings. The maximum atomic E-state index is 5.70. The number of aromatic nitrogens is 3. The van der Waals surface area contributed by atoms with E-state index in [0.717, 1.165) is 56.7 Å². The lowest BCUT2D eigenvalue weighted by Gasteiger charge is -2.10. The smallest absolute Gasteiger partial charge is 0.118 e. The zero-order valence-electron chi connectivity index (χ0n) is 18.7. The Morgan fingerprint density at radius 3 is 2.36 bits per heavy atom. The molecule has 0 atom stereocenters. The lowest BCUT2D eigenvalue weighted by atomic mass is 10.1. The zero-order chi connectivity index (χ0) is 22.8. The van der Waals surface area contributed by atoms with Crippen LogP contribution in [0.3, 0.4) is 0 Å². The molecule has 0 saturated heterocycles. The van der Waals surface area contributed by atoms with Gasteiger partial charge in [-0.05, 0) is 80.1 Å². The van der Waals surface area contributed by atoms with Crippen molar-refractivity contribution in [2.24, 2.45) is 5.73 Å². The maximum absolute atomic E-state index is 5.70. The number of nitrogens with two attached hydrogens (primary N) is 1. The van der Waals surface area contributed by atoms with Gasteiger partial charge in [0.05, 0.1) is 24.3 Å². The second kappa shape index (κ2) is 8.78. The van der Waals surface area contributed by atoms with Crippen LogP contribution in [0.15, 0.2) is 72.9 Å². The third-order valence-corrected chi connectivity index (χ3v) is 5.72. The molecule has 0 bridgehead atoms. The summed E-state index contributed by atoms with van der Waals surface area (Å²) in [5.41, 5.74) is 12.7. The van der Waals surface area contributed by atoms with Crippen molar-refractivity contribution in [3.05, 3.63) is 95.4 Å². The van der Waals surface area contributed by atoms with Crippen LogP contribution in [0.4, 0.5) is 0 Å². The van der Waals surface area contributed by atoms with Crippen LogP contribution in [0.2, 0.25) is 0 Å². The highest BCUT2D eigenvalue weighted by atomic mass is 16.5. The van der Waals surface area contributed by atoms with E-state index in [9.17, 15) is 0 Å². The van der Waals surface area contributed by atoms with Crippen LogP contribution in [0.1, 0.15) is 22.5 Å². The fraction of sp³-hybridized carbons (Fsp3) is 0.143. The second-order valence-electron chi connectivity index (χ2n) is 7.90. The van der Waals surface area contributed by atoms with Gasteiger partial charge >= 0.3 is 0 Å². The van der Waals surface area contributed by atoms with E-state index >= 15 is 0 Å². The van der Waals surface area contributed by atoms with E-state index in [1.165, 1.54) is 5.56 Å². The Kier molecular flexibility index (Phi) is 5.52. The largest absolute Gasteiger partial charge is 0.497 e. The highest BCUT2D eigenvalue weighted by molar-refractivity contribution is 6.03. The Balaban J connectivity index is 1.62. The molecule has 5 nitrogen and oxygen atoms in total. The quantitative estimate of drug-likeness (QED) is 0.415. The number of fused-ring (bicyclic) bond motifs is 3. The predicted octanol–water partition coefficient (Wildman–Crippen LogP) is 4.79. The number of rotatable bonds is 4. The van der Waals surface area contributed by atoms with Crippen LogP contribution in [-0.2, 0) is 6.42 Å². The van der Waals surface area contributed by atoms with Crippen molar-refractivity contribution in [1.82, 2.24) is 14.5 Å². The van der Waals surface area contributed by atoms with Crippen LogP contribution in [0.5, 0.6) is 5.75 Å². The summed E-state index contributed by atoms with van der Waals surface area (Å²) >= 11 is 0. The van der Waals surface area contributed by atoms with Crippen LogP contribution in [0, 0.1) is 18.8 Å². The Labute approximate surface area is 192 Å². The first-order chi connectivity index (χ1) is 16.2. The predicted molar refractivity (Wildman–Crippen MR) is 133 cm³/mol. The van der Waals surface area contributed by atoms with Gasteiger partial charge in [0.1, 0.15) is 17.1 Å². The third-order valence-electron chi connectivity index (χ3n) is 5.72. The summed E-state index contributed by atoms with van der Waals surface area (Å²) in [4.78, 5) is 9.39. The molecule has 0 radical (unpaired) electrons. The first kappa shape index (κ1) is 20.7. The van der Waals surface area contributed by atoms with E-state index in [1.807, 2.05) is 49.5 Å². The van der Waals surface area contributed by atoms with Gasteiger partial charge in [-0.25, -0.2) is 4.98 Å². The van der Waals surface area contributed by atoms with Crippen molar-refractivity contribution < 1.29 is 4.74 Å². The number of benzene rings is 3. The van der Waals surface area contributed by atoms with Gasteiger partial charge in [-0.15, -0.1) is 0 Å². The molecule has 2 aromatic heterocycles. The van der Waals surface area contributed by atoms with Crippen molar-refractivity contribution in [1.29, 1.82) is 0 Å². The van der Waals surface area contributed by atoms with Gasteiger partial charge in [-0.1, -0.05) is 24.0 Å². The van der Waals surface area contributed by atoms with Crippen LogP contribution in [-0.4, -0.2) is 28.2 Å². The Morgan fingerprint density at radius 1 is 0.909 bits per heavy atom. The van der Waals surface area contributed by atoms with Gasteiger partial charge in [0.2, 0.25) is 0 Å². The molecular weight excluding hydrogens is 408 g/mol. The number of hydrogen-bond donors (Lipinski definition) is 1. The summed E-state index contributed by atoms with van der Waals surface area (Å²) in [6.45, 7) is 2.66. The zero-order valence-corrected chi connectivity index (χ0v) is 18.7. The first-order valence-electron chi connectivity index (χ1n) is 10.9. The molecule has 162 valence electrons. The van der Waals surface area contributed by atoms with Gasteiger partial charge in [0.15, 0.2) is 0 Å². The average molecular weight is 433 g/mol. The van der Waals surface area contributed by atoms with Gasteiger partial charge < -0.3 is 10.5 Å². The van der Waals surface area contributed by atoms with Crippen LogP contribution >= 0.6 is 0 Å². The number of pyridine rings is 1. The molecule has 2 N–H and O–H groups in total. The number of methoxy groups -OCH3 is 1. The Bertz CT molecular complexity index is 1500. The summed E-state index contributed by atoms with van der Waals surface area (Å²) in [6.07, 6.45) is 2.71. The minimum absolute atomic E-state index is 0.642. The molecule has 0 amide bonds. The van der Waals surface area contributed by atoms with Crippen molar-refractivity contribution in [3.8, 4) is 23.3 Å². The summed E-state index contributed by atoms with van der Waals surface area (Å²) in [5, 5.41) is 1.03. The van der Waals surface area contributed by atoms with E-state index in [-0.39, 0.29) is 0 Å². The number of hydrogen-bond acceptors (Lipinski definition) is 4. The Morgan fingerprint density at radius 2 is 1.64 bits per heavy atom. The molecule has 0 unspecified atom stereocenters. The second-order valence-corrected chi connectivity index (χ2v) is 7.90. The molecule has 5 aromatic rings. The fourth-order valence-corrected chi connectivity index (χ4v) is 4.06. The molecule has 0 fully saturated rings. The van der Waals surface area contributed by atoms with Gasteiger partial charge in [0, 0.05) is 22.2 Å². The van der Waals surface area contributed by atoms with E-state index in [1.54, 1.807) is 7.11 Å². The minimum atomic E-state index is 0.642. The highest BCUT2D eigenvalue weighted by Gasteiger charge is 2.14. The average Bonchev–Trinajstić information content (AvgIpc) is 3.20. The summed E-state index contributed by atoms with van der Waals surface area (Å²) < 4.78 is 7.41. The molecule has 0 saturated carbocycles. The van der Waals surface area contributed by atoms with Crippen molar-refractivity contribution in [2.75, 3.05) is 13.7 Å². The number of nitrogens with zero attached hydrogens (tertiary/aromatic N) is 3. The molecule has 3 aromatic carbocycles. The molecular formula is C28H24N4O. The standard InChI is InChI=1S/C28H24N4O/c1-19-31-27-18-30-26-14-9-22(4-3-20-7-12-24(33-2)13-8-20)17-25(26)28(27)32(19)23-10-5-21(6-11-23)15-16-29/h5-14,17-18H,15-16,29H2,1-2H3. The molecule has 2 heterocycles. The van der Waals surface area contributed by atoms with Crippen molar-refractivity contribution >= 4 is 21.9 Å². The fourth-order valence-electron chi connectivity index (χ4n) is 4.06. The minimum Gasteiger partial charge on any atom is -0.497 e. The summed E-state index contributed by atoms with van der Waals surface area (Å²) in [7, 11) is 1.66. The van der Waals surface area contributed by atoms with E-state index in [0.29, 0.717) is 6.54 Å². The maximum Gasteiger partial charge on any atom is 0.118 e. The third kappa shape index (κ3) is 4.05. The number of aryl methyl sites for hydroxylation is 1.